The number of nitrogens with two attached hydrogens (primary N) is 2. The SMILES string of the molecule is CN=C(N)N1CCC(OCC[C@]2(C(=O)C(N)CC(=O)O)CCCCN2C2C[C@@H](C)C[C@@H](C)C2)CC1. The summed E-state index contributed by atoms with van der Waals surface area (Å²) in [6.07, 6.45) is 8.22. The molecule has 0 aromatic heterocycles. The molecule has 0 amide bonds. The maximum atomic E-state index is 13.9. The molecule has 9 heteroatoms. The van der Waals surface area contributed by atoms with Gasteiger partial charge in [-0.25, -0.2) is 0 Å². The number of aliphatic carboxylic acids is 1. The number of carbonyl (C=O) groups excluding carboxylic acids is 1. The molecule has 1 aliphatic carbocycles. The Morgan fingerprint density at radius 3 is 2.37 bits per heavy atom. The minimum absolute atomic E-state index is 0.115. The molecule has 3 rings (SSSR count). The van der Waals surface area contributed by atoms with E-state index in [2.05, 4.69) is 28.6 Å². The lowest BCUT2D eigenvalue weighted by Gasteiger charge is -2.53. The van der Waals surface area contributed by atoms with Crippen molar-refractivity contribution in [2.45, 2.75) is 102 Å². The number of nitrogens with zero attached hydrogens (tertiary/aromatic N) is 3. The number of carboxylic acids is 1. The van der Waals surface area contributed by atoms with Crippen molar-refractivity contribution in [3.05, 3.63) is 0 Å². The number of carboxylic acid groups (broad SMARTS) is 1. The molecule has 1 saturated carbocycles. The van der Waals surface area contributed by atoms with E-state index in [0.717, 1.165) is 64.6 Å². The van der Waals surface area contributed by atoms with Crippen molar-refractivity contribution in [2.24, 2.45) is 28.3 Å². The minimum Gasteiger partial charge on any atom is -0.481 e. The highest BCUT2D eigenvalue weighted by atomic mass is 16.5. The van der Waals surface area contributed by atoms with Crippen molar-refractivity contribution in [2.75, 3.05) is 33.3 Å². The molecule has 0 bridgehead atoms. The molecule has 35 heavy (non-hydrogen) atoms. The quantitative estimate of drug-likeness (QED) is 0.329. The number of ether oxygens (including phenoxy) is 1. The highest BCUT2D eigenvalue weighted by Crippen LogP contribution is 2.41. The van der Waals surface area contributed by atoms with Gasteiger partial charge in [0.2, 0.25) is 0 Å². The molecule has 0 spiro atoms. The summed E-state index contributed by atoms with van der Waals surface area (Å²) in [6, 6.07) is -0.666. The Hall–Kier alpha value is -1.71. The first kappa shape index (κ1) is 27.9. The van der Waals surface area contributed by atoms with E-state index in [9.17, 15) is 14.7 Å². The van der Waals surface area contributed by atoms with Crippen LogP contribution < -0.4 is 11.5 Å². The van der Waals surface area contributed by atoms with Crippen LogP contribution in [-0.2, 0) is 14.3 Å². The molecule has 2 aliphatic heterocycles. The summed E-state index contributed by atoms with van der Waals surface area (Å²) in [4.78, 5) is 33.9. The van der Waals surface area contributed by atoms with Crippen LogP contribution in [0.2, 0.25) is 0 Å². The molecule has 3 fully saturated rings. The Kier molecular flexibility index (Phi) is 9.95. The standard InChI is InChI=1S/C26H47N5O4/c1-18-14-19(2)16-20(15-18)31-10-5-4-8-26(31,24(34)22(27)17-23(32)33)9-13-35-21-6-11-30(12-7-21)25(28)29-3/h18-22H,4-17,27H2,1-3H3,(H2,28,29)(H,32,33)/t18-,19+,20?,22?,26-/m0/s1. The van der Waals surface area contributed by atoms with Gasteiger partial charge in [-0.1, -0.05) is 13.8 Å². The maximum Gasteiger partial charge on any atom is 0.305 e. The monoisotopic (exact) mass is 493 g/mol. The van der Waals surface area contributed by atoms with Crippen LogP contribution >= 0.6 is 0 Å². The van der Waals surface area contributed by atoms with Crippen molar-refractivity contribution in [1.82, 2.24) is 9.80 Å². The molecule has 0 aromatic rings. The van der Waals surface area contributed by atoms with Crippen LogP contribution in [0.5, 0.6) is 0 Å². The summed E-state index contributed by atoms with van der Waals surface area (Å²) in [7, 11) is 1.70. The van der Waals surface area contributed by atoms with Crippen LogP contribution in [0.3, 0.4) is 0 Å². The third-order valence-electron chi connectivity index (χ3n) is 8.44. The van der Waals surface area contributed by atoms with Gasteiger partial charge in [-0.2, -0.15) is 0 Å². The van der Waals surface area contributed by atoms with Gasteiger partial charge in [-0.05, 0) is 76.2 Å². The summed E-state index contributed by atoms with van der Waals surface area (Å²) in [5, 5.41) is 9.33. The zero-order chi connectivity index (χ0) is 25.6. The number of Topliss-reactive ketones (excluding diaryl/α,β-unsaturated/α-hetero) is 1. The van der Waals surface area contributed by atoms with Crippen LogP contribution in [-0.4, -0.2) is 89.6 Å². The zero-order valence-corrected chi connectivity index (χ0v) is 22.0. The summed E-state index contributed by atoms with van der Waals surface area (Å²) in [5.41, 5.74) is 11.4. The van der Waals surface area contributed by atoms with Gasteiger partial charge in [0.05, 0.1) is 24.1 Å². The largest absolute Gasteiger partial charge is 0.481 e. The molecule has 3 aliphatic rings. The Labute approximate surface area is 210 Å². The number of aliphatic imine (C=N–C) groups is 1. The van der Waals surface area contributed by atoms with E-state index < -0.39 is 17.6 Å². The van der Waals surface area contributed by atoms with Crippen LogP contribution in [0.15, 0.2) is 4.99 Å². The lowest BCUT2D eigenvalue weighted by atomic mass is 9.72. The highest BCUT2D eigenvalue weighted by Gasteiger charge is 2.50. The number of hydrogen-bond donors (Lipinski definition) is 3. The molecule has 5 N–H and O–H groups in total. The van der Waals surface area contributed by atoms with Gasteiger partial charge in [-0.3, -0.25) is 19.5 Å². The predicted molar refractivity (Wildman–Crippen MR) is 137 cm³/mol. The Bertz CT molecular complexity index is 744. The fraction of sp³-hybridized carbons (Fsp3) is 0.885. The average Bonchev–Trinajstić information content (AvgIpc) is 2.82. The molecule has 2 unspecified atom stereocenters. The second-order valence-electron chi connectivity index (χ2n) is 11.2. The van der Waals surface area contributed by atoms with Gasteiger partial charge < -0.3 is 26.2 Å². The molecule has 5 atom stereocenters. The first-order valence-electron chi connectivity index (χ1n) is 13.5. The molecule has 200 valence electrons. The molecular weight excluding hydrogens is 446 g/mol. The van der Waals surface area contributed by atoms with E-state index in [1.54, 1.807) is 7.05 Å². The van der Waals surface area contributed by atoms with Gasteiger partial charge >= 0.3 is 5.97 Å². The fourth-order valence-corrected chi connectivity index (χ4v) is 6.82. The first-order chi connectivity index (χ1) is 16.7. The average molecular weight is 494 g/mol. The number of piperidine rings is 2. The third kappa shape index (κ3) is 6.95. The van der Waals surface area contributed by atoms with Gasteiger partial charge in [0.1, 0.15) is 0 Å². The van der Waals surface area contributed by atoms with Crippen molar-refractivity contribution in [3.8, 4) is 0 Å². The van der Waals surface area contributed by atoms with E-state index in [1.165, 1.54) is 6.42 Å². The highest BCUT2D eigenvalue weighted by molar-refractivity contribution is 5.95. The van der Waals surface area contributed by atoms with Crippen LogP contribution in [0.1, 0.15) is 78.1 Å². The normalized spacial score (nSPS) is 32.4. The lowest BCUT2D eigenvalue weighted by Crippen LogP contribution is -2.65. The van der Waals surface area contributed by atoms with Crippen LogP contribution in [0.25, 0.3) is 0 Å². The maximum absolute atomic E-state index is 13.9. The second-order valence-corrected chi connectivity index (χ2v) is 11.2. The molecule has 2 saturated heterocycles. The molecule has 9 nitrogen and oxygen atoms in total. The van der Waals surface area contributed by atoms with E-state index in [4.69, 9.17) is 16.2 Å². The molecule has 0 aromatic carbocycles. The Morgan fingerprint density at radius 1 is 1.11 bits per heavy atom. The number of rotatable bonds is 9. The number of hydrogen-bond acceptors (Lipinski definition) is 6. The third-order valence-corrected chi connectivity index (χ3v) is 8.44. The van der Waals surface area contributed by atoms with E-state index in [-0.39, 0.29) is 18.3 Å². The van der Waals surface area contributed by atoms with Gasteiger partial charge in [0.25, 0.3) is 0 Å². The second kappa shape index (κ2) is 12.5. The number of ketones is 1. The Morgan fingerprint density at radius 2 is 1.77 bits per heavy atom. The summed E-state index contributed by atoms with van der Waals surface area (Å²) < 4.78 is 6.32. The first-order valence-corrected chi connectivity index (χ1v) is 13.5. The van der Waals surface area contributed by atoms with Crippen molar-refractivity contribution < 1.29 is 19.4 Å². The molecule has 0 radical (unpaired) electrons. The summed E-state index contributed by atoms with van der Waals surface area (Å²) >= 11 is 0. The van der Waals surface area contributed by atoms with E-state index in [1.807, 2.05) is 0 Å². The van der Waals surface area contributed by atoms with E-state index >= 15 is 0 Å². The van der Waals surface area contributed by atoms with Crippen molar-refractivity contribution >= 4 is 17.7 Å². The van der Waals surface area contributed by atoms with Crippen molar-refractivity contribution in [3.63, 3.8) is 0 Å². The zero-order valence-electron chi connectivity index (χ0n) is 22.0. The van der Waals surface area contributed by atoms with Gasteiger partial charge in [0, 0.05) is 32.8 Å². The Balaban J connectivity index is 1.74. The smallest absolute Gasteiger partial charge is 0.305 e. The van der Waals surface area contributed by atoms with Crippen LogP contribution in [0.4, 0.5) is 0 Å². The van der Waals surface area contributed by atoms with Gasteiger partial charge in [0.15, 0.2) is 11.7 Å². The molecule has 2 heterocycles. The van der Waals surface area contributed by atoms with E-state index in [0.29, 0.717) is 36.9 Å². The number of guanidine groups is 1. The lowest BCUT2D eigenvalue weighted by molar-refractivity contribution is -0.146. The van der Waals surface area contributed by atoms with Crippen LogP contribution in [0, 0.1) is 11.8 Å². The minimum atomic E-state index is -1.03. The van der Waals surface area contributed by atoms with Gasteiger partial charge in [-0.15, -0.1) is 0 Å². The fourth-order valence-electron chi connectivity index (χ4n) is 6.82. The number of likely N-dealkylation sites (tertiary alicyclic amines) is 2. The predicted octanol–water partition coefficient (Wildman–Crippen LogP) is 2.22. The molecular formula is C26H47N5O4. The summed E-state index contributed by atoms with van der Waals surface area (Å²) in [5.74, 6) is 0.657. The van der Waals surface area contributed by atoms with Crippen molar-refractivity contribution in [1.29, 1.82) is 0 Å². The number of carbonyl (C=O) groups is 2. The topological polar surface area (TPSA) is 134 Å². The summed E-state index contributed by atoms with van der Waals surface area (Å²) in [6.45, 7) is 7.57.